The molecule has 82 valence electrons. The summed E-state index contributed by atoms with van der Waals surface area (Å²) in [5, 5.41) is 28.4. The van der Waals surface area contributed by atoms with Crippen LogP contribution < -0.4 is 0 Å². The molecule has 15 heavy (non-hydrogen) atoms. The fourth-order valence-electron chi connectivity index (χ4n) is 0.939. The third-order valence-corrected chi connectivity index (χ3v) is 2.44. The number of hydrogen-bond acceptors (Lipinski definition) is 6. The van der Waals surface area contributed by atoms with Crippen molar-refractivity contribution in [3.05, 3.63) is 22.2 Å². The Balaban J connectivity index is 3.64. The molecule has 0 aromatic heterocycles. The summed E-state index contributed by atoms with van der Waals surface area (Å²) in [5.41, 5.74) is -1.18. The van der Waals surface area contributed by atoms with Crippen LogP contribution in [-0.2, 0) is 10.1 Å². The van der Waals surface area contributed by atoms with Crippen molar-refractivity contribution in [3.63, 3.8) is 0 Å². The smallest absolute Gasteiger partial charge is 0.353 e. The molecule has 0 saturated heterocycles. The van der Waals surface area contributed by atoms with E-state index in [0.29, 0.717) is 12.1 Å². The molecular formula is C6H5NO7S. The van der Waals surface area contributed by atoms with Gasteiger partial charge in [-0.1, -0.05) is 0 Å². The number of nitrogens with zero attached hydrogens (tertiary/aromatic N) is 1. The first-order valence-electron chi connectivity index (χ1n) is 3.42. The monoisotopic (exact) mass is 235 g/mol. The highest BCUT2D eigenvalue weighted by Crippen LogP contribution is 2.39. The average molecular weight is 235 g/mol. The van der Waals surface area contributed by atoms with E-state index in [-0.39, 0.29) is 0 Å². The Hall–Kier alpha value is -1.87. The lowest BCUT2D eigenvalue weighted by Gasteiger charge is -2.02. The summed E-state index contributed by atoms with van der Waals surface area (Å²) in [6, 6.07) is 1.33. The van der Waals surface area contributed by atoms with Gasteiger partial charge in [0.1, 0.15) is 4.90 Å². The van der Waals surface area contributed by atoms with Gasteiger partial charge in [-0.15, -0.1) is 0 Å². The molecule has 9 heteroatoms. The number of phenols is 2. The van der Waals surface area contributed by atoms with Crippen molar-refractivity contribution < 1.29 is 28.1 Å². The zero-order valence-corrected chi connectivity index (χ0v) is 7.80. The Bertz CT molecular complexity index is 521. The van der Waals surface area contributed by atoms with E-state index in [1.165, 1.54) is 0 Å². The number of nitro benzene ring substituents is 1. The lowest BCUT2D eigenvalue weighted by Crippen LogP contribution is -2.00. The van der Waals surface area contributed by atoms with Crippen LogP contribution >= 0.6 is 0 Å². The summed E-state index contributed by atoms with van der Waals surface area (Å²) in [4.78, 5) is 8.13. The van der Waals surface area contributed by atoms with Gasteiger partial charge in [-0.3, -0.25) is 14.7 Å². The van der Waals surface area contributed by atoms with Crippen molar-refractivity contribution in [3.8, 4) is 11.5 Å². The van der Waals surface area contributed by atoms with E-state index < -0.39 is 37.1 Å². The number of rotatable bonds is 2. The quantitative estimate of drug-likeness (QED) is 0.379. The molecule has 0 bridgehead atoms. The van der Waals surface area contributed by atoms with E-state index >= 15 is 0 Å². The number of phenolic OH excluding ortho intramolecular Hbond substituents is 2. The first-order valence-corrected chi connectivity index (χ1v) is 4.86. The van der Waals surface area contributed by atoms with Crippen molar-refractivity contribution in [2.24, 2.45) is 0 Å². The Kier molecular flexibility index (Phi) is 2.51. The van der Waals surface area contributed by atoms with Gasteiger partial charge >= 0.3 is 5.69 Å². The van der Waals surface area contributed by atoms with Crippen LogP contribution in [0.2, 0.25) is 0 Å². The standard InChI is InChI=1S/C6H5NO7S/c8-3-1-2-4(15(12,13)14)6(9)5(3)7(10)11/h1-2,8-9H,(H,12,13,14). The molecule has 0 atom stereocenters. The molecule has 1 aromatic carbocycles. The fourth-order valence-corrected chi connectivity index (χ4v) is 1.52. The van der Waals surface area contributed by atoms with Gasteiger partial charge in [0, 0.05) is 0 Å². The molecule has 0 aliphatic heterocycles. The van der Waals surface area contributed by atoms with Crippen molar-refractivity contribution in [2.75, 3.05) is 0 Å². The summed E-state index contributed by atoms with van der Waals surface area (Å²) in [6.07, 6.45) is 0. The molecule has 0 saturated carbocycles. The van der Waals surface area contributed by atoms with Crippen LogP contribution in [0.5, 0.6) is 11.5 Å². The minimum Gasteiger partial charge on any atom is -0.502 e. The lowest BCUT2D eigenvalue weighted by atomic mass is 10.3. The second-order valence-corrected chi connectivity index (χ2v) is 3.90. The van der Waals surface area contributed by atoms with Gasteiger partial charge in [-0.05, 0) is 12.1 Å². The van der Waals surface area contributed by atoms with Crippen LogP contribution in [0.25, 0.3) is 0 Å². The van der Waals surface area contributed by atoms with Gasteiger partial charge in [0.05, 0.1) is 4.92 Å². The molecule has 1 aromatic rings. The number of hydrogen-bond donors (Lipinski definition) is 3. The Morgan fingerprint density at radius 2 is 1.80 bits per heavy atom. The number of aromatic hydroxyl groups is 2. The zero-order valence-electron chi connectivity index (χ0n) is 6.98. The number of benzene rings is 1. The number of nitro groups is 1. The molecule has 0 radical (unpaired) electrons. The van der Waals surface area contributed by atoms with Crippen LogP contribution in [-0.4, -0.2) is 28.1 Å². The molecule has 0 amide bonds. The Morgan fingerprint density at radius 3 is 2.20 bits per heavy atom. The van der Waals surface area contributed by atoms with Gasteiger partial charge in [0.2, 0.25) is 5.75 Å². The maximum Gasteiger partial charge on any atom is 0.353 e. The van der Waals surface area contributed by atoms with Gasteiger partial charge in [-0.25, -0.2) is 0 Å². The highest BCUT2D eigenvalue weighted by molar-refractivity contribution is 7.86. The minimum absolute atomic E-state index is 0.646. The summed E-state index contributed by atoms with van der Waals surface area (Å²) < 4.78 is 29.8. The van der Waals surface area contributed by atoms with Gasteiger partial charge < -0.3 is 10.2 Å². The van der Waals surface area contributed by atoms with E-state index in [4.69, 9.17) is 14.8 Å². The molecule has 0 aliphatic carbocycles. The van der Waals surface area contributed by atoms with Crippen molar-refractivity contribution in [1.29, 1.82) is 0 Å². The van der Waals surface area contributed by atoms with Crippen LogP contribution in [0.1, 0.15) is 0 Å². The first-order chi connectivity index (χ1) is 6.75. The topological polar surface area (TPSA) is 138 Å². The predicted molar refractivity (Wildman–Crippen MR) is 46.2 cm³/mol. The first kappa shape index (κ1) is 11.2. The van der Waals surface area contributed by atoms with Crippen molar-refractivity contribution in [1.82, 2.24) is 0 Å². The molecule has 1 rings (SSSR count). The van der Waals surface area contributed by atoms with E-state index in [1.807, 2.05) is 0 Å². The maximum absolute atomic E-state index is 10.6. The van der Waals surface area contributed by atoms with Gasteiger partial charge in [-0.2, -0.15) is 8.42 Å². The molecule has 0 fully saturated rings. The van der Waals surface area contributed by atoms with Crippen molar-refractivity contribution in [2.45, 2.75) is 4.90 Å². The second kappa shape index (κ2) is 3.37. The van der Waals surface area contributed by atoms with Gasteiger partial charge in [0.25, 0.3) is 10.1 Å². The molecule has 3 N–H and O–H groups in total. The van der Waals surface area contributed by atoms with Crippen LogP contribution in [0.4, 0.5) is 5.69 Å². The van der Waals surface area contributed by atoms with Crippen LogP contribution in [0.3, 0.4) is 0 Å². The van der Waals surface area contributed by atoms with Crippen LogP contribution in [0, 0.1) is 10.1 Å². The molecule has 0 spiro atoms. The third kappa shape index (κ3) is 1.97. The maximum atomic E-state index is 10.6. The summed E-state index contributed by atoms with van der Waals surface area (Å²) >= 11 is 0. The van der Waals surface area contributed by atoms with E-state index in [9.17, 15) is 18.5 Å². The Labute approximate surface area is 83.3 Å². The molecule has 0 aliphatic rings. The van der Waals surface area contributed by atoms with Gasteiger partial charge in [0.15, 0.2) is 5.75 Å². The summed E-state index contributed by atoms with van der Waals surface area (Å²) in [7, 11) is -4.77. The molecule has 0 unspecified atom stereocenters. The average Bonchev–Trinajstić information content (AvgIpc) is 2.00. The normalized spacial score (nSPS) is 11.3. The highest BCUT2D eigenvalue weighted by Gasteiger charge is 2.27. The van der Waals surface area contributed by atoms with E-state index in [2.05, 4.69) is 0 Å². The molecular weight excluding hydrogens is 230 g/mol. The summed E-state index contributed by atoms with van der Waals surface area (Å²) in [6.45, 7) is 0. The van der Waals surface area contributed by atoms with E-state index in [1.54, 1.807) is 0 Å². The third-order valence-electron chi connectivity index (χ3n) is 1.55. The second-order valence-electron chi connectivity index (χ2n) is 2.51. The highest BCUT2D eigenvalue weighted by atomic mass is 32.2. The SMILES string of the molecule is O=[N+]([O-])c1c(O)ccc(S(=O)(=O)O)c1O. The zero-order chi connectivity index (χ0) is 11.8. The largest absolute Gasteiger partial charge is 0.502 e. The fraction of sp³-hybridized carbons (Fsp3) is 0. The lowest BCUT2D eigenvalue weighted by molar-refractivity contribution is -0.387. The van der Waals surface area contributed by atoms with E-state index in [0.717, 1.165) is 0 Å². The summed E-state index contributed by atoms with van der Waals surface area (Å²) in [5.74, 6) is -2.20. The minimum atomic E-state index is -4.77. The molecule has 8 nitrogen and oxygen atoms in total. The Morgan fingerprint density at radius 1 is 1.27 bits per heavy atom. The van der Waals surface area contributed by atoms with Crippen molar-refractivity contribution >= 4 is 15.8 Å². The molecule has 0 heterocycles. The van der Waals surface area contributed by atoms with Crippen LogP contribution in [0.15, 0.2) is 17.0 Å². The predicted octanol–water partition coefficient (Wildman–Crippen LogP) is 0.253.